The van der Waals surface area contributed by atoms with E-state index >= 15 is 0 Å². The van der Waals surface area contributed by atoms with Crippen molar-refractivity contribution in [1.82, 2.24) is 5.32 Å². The van der Waals surface area contributed by atoms with Crippen molar-refractivity contribution in [3.63, 3.8) is 0 Å². The molecule has 0 radical (unpaired) electrons. The molecule has 1 aliphatic heterocycles. The summed E-state index contributed by atoms with van der Waals surface area (Å²) in [7, 11) is 0. The topological polar surface area (TPSA) is 29.1 Å². The maximum absolute atomic E-state index is 12.3. The van der Waals surface area contributed by atoms with Gasteiger partial charge in [-0.2, -0.15) is 11.8 Å². The van der Waals surface area contributed by atoms with Gasteiger partial charge < -0.3 is 5.32 Å². The van der Waals surface area contributed by atoms with Gasteiger partial charge in [-0.15, -0.1) is 0 Å². The Balaban J connectivity index is 1.65. The van der Waals surface area contributed by atoms with Crippen molar-refractivity contribution in [1.29, 1.82) is 0 Å². The summed E-state index contributed by atoms with van der Waals surface area (Å²) in [5.74, 6) is 2.46. The van der Waals surface area contributed by atoms with Gasteiger partial charge in [0.05, 0.1) is 15.6 Å². The zero-order valence-electron chi connectivity index (χ0n) is 13.0. The van der Waals surface area contributed by atoms with E-state index in [0.717, 1.165) is 25.8 Å². The highest BCUT2D eigenvalue weighted by molar-refractivity contribution is 7.99. The molecule has 0 aliphatic carbocycles. The third-order valence-corrected chi connectivity index (χ3v) is 5.94. The largest absolute Gasteiger partial charge is 0.312 e. The highest BCUT2D eigenvalue weighted by Gasteiger charge is 2.16. The van der Waals surface area contributed by atoms with E-state index in [1.807, 2.05) is 11.8 Å². The van der Waals surface area contributed by atoms with Gasteiger partial charge in [-0.25, -0.2) is 0 Å². The molecule has 6 heteroatoms. The van der Waals surface area contributed by atoms with E-state index in [-0.39, 0.29) is 5.78 Å². The Morgan fingerprint density at radius 1 is 1.13 bits per heavy atom. The molecule has 23 heavy (non-hydrogen) atoms. The molecule has 0 bridgehead atoms. The second-order valence-electron chi connectivity index (χ2n) is 5.85. The molecule has 1 aromatic carbocycles. The van der Waals surface area contributed by atoms with Gasteiger partial charge in [0, 0.05) is 35.5 Å². The minimum atomic E-state index is 0.00186. The van der Waals surface area contributed by atoms with Crippen molar-refractivity contribution in [2.75, 3.05) is 18.1 Å². The van der Waals surface area contributed by atoms with Gasteiger partial charge in [0.2, 0.25) is 0 Å². The Hall–Kier alpha value is 0.0700. The van der Waals surface area contributed by atoms with Crippen molar-refractivity contribution in [3.05, 3.63) is 32.8 Å². The Labute approximate surface area is 157 Å². The summed E-state index contributed by atoms with van der Waals surface area (Å²) in [4.78, 5) is 12.3. The second-order valence-corrected chi connectivity index (χ2v) is 8.25. The lowest BCUT2D eigenvalue weighted by atomic mass is 10.0. The van der Waals surface area contributed by atoms with Gasteiger partial charge in [0.1, 0.15) is 0 Å². The number of unbranched alkanes of at least 4 members (excludes halogenated alkanes) is 3. The molecular formula is C17H22Cl3NOS. The van der Waals surface area contributed by atoms with Gasteiger partial charge in [0.25, 0.3) is 0 Å². The van der Waals surface area contributed by atoms with Crippen LogP contribution in [0.15, 0.2) is 12.1 Å². The van der Waals surface area contributed by atoms with Gasteiger partial charge in [-0.05, 0) is 25.0 Å². The first-order valence-corrected chi connectivity index (χ1v) is 10.4. The average molecular weight is 395 g/mol. The number of hydrogen-bond donors (Lipinski definition) is 1. The van der Waals surface area contributed by atoms with Gasteiger partial charge in [-0.1, -0.05) is 54.1 Å². The van der Waals surface area contributed by atoms with Crippen molar-refractivity contribution >= 4 is 52.3 Å². The van der Waals surface area contributed by atoms with Crippen LogP contribution < -0.4 is 5.32 Å². The van der Waals surface area contributed by atoms with Crippen LogP contribution in [0.5, 0.6) is 0 Å². The van der Waals surface area contributed by atoms with Crippen molar-refractivity contribution in [3.8, 4) is 0 Å². The fourth-order valence-corrected chi connectivity index (χ4v) is 4.79. The Morgan fingerprint density at radius 2 is 1.83 bits per heavy atom. The number of Topliss-reactive ketones (excluding diaryl/α,β-unsaturated/α-hetero) is 1. The number of benzene rings is 1. The van der Waals surface area contributed by atoms with Crippen LogP contribution in [0.3, 0.4) is 0 Å². The molecule has 2 nitrogen and oxygen atoms in total. The minimum absolute atomic E-state index is 0.00186. The van der Waals surface area contributed by atoms with Crippen molar-refractivity contribution < 1.29 is 4.79 Å². The smallest absolute Gasteiger partial charge is 0.165 e. The number of thioether (sulfide) groups is 1. The summed E-state index contributed by atoms with van der Waals surface area (Å²) in [5.41, 5.74) is 0.404. The summed E-state index contributed by atoms with van der Waals surface area (Å²) < 4.78 is 0. The predicted molar refractivity (Wildman–Crippen MR) is 103 cm³/mol. The third kappa shape index (κ3) is 6.47. The second kappa shape index (κ2) is 10.1. The highest BCUT2D eigenvalue weighted by atomic mass is 35.5. The first-order valence-electron chi connectivity index (χ1n) is 8.07. The summed E-state index contributed by atoms with van der Waals surface area (Å²) in [5, 5.41) is 4.68. The quantitative estimate of drug-likeness (QED) is 0.441. The first-order chi connectivity index (χ1) is 11.1. The van der Waals surface area contributed by atoms with Gasteiger partial charge in [0.15, 0.2) is 5.78 Å². The molecule has 2 rings (SSSR count). The molecule has 1 saturated heterocycles. The zero-order chi connectivity index (χ0) is 16.7. The monoisotopic (exact) mass is 393 g/mol. The molecule has 1 fully saturated rings. The molecule has 0 amide bonds. The molecule has 128 valence electrons. The van der Waals surface area contributed by atoms with E-state index in [2.05, 4.69) is 5.32 Å². The number of halogens is 3. The molecule has 1 heterocycles. The standard InChI is InChI=1S/C17H22Cl3NOS/c18-12-9-14(19)17(15(20)10-12)16(22)6-4-2-1-3-5-13-11-23-8-7-21-13/h9-10,13,21H,1-8,11H2. The van der Waals surface area contributed by atoms with E-state index in [1.54, 1.807) is 12.1 Å². The number of ketones is 1. The van der Waals surface area contributed by atoms with E-state index < -0.39 is 0 Å². The lowest BCUT2D eigenvalue weighted by molar-refractivity contribution is 0.0979. The van der Waals surface area contributed by atoms with Crippen LogP contribution in [0.2, 0.25) is 15.1 Å². The Kier molecular flexibility index (Phi) is 8.56. The van der Waals surface area contributed by atoms with Crippen LogP contribution >= 0.6 is 46.6 Å². The Morgan fingerprint density at radius 3 is 2.48 bits per heavy atom. The van der Waals surface area contributed by atoms with Crippen LogP contribution in [-0.4, -0.2) is 29.9 Å². The fourth-order valence-electron chi connectivity index (χ4n) is 2.77. The van der Waals surface area contributed by atoms with Crippen molar-refractivity contribution in [2.45, 2.75) is 44.6 Å². The van der Waals surface area contributed by atoms with E-state index in [9.17, 15) is 4.79 Å². The summed E-state index contributed by atoms with van der Waals surface area (Å²) in [6.45, 7) is 1.13. The lowest BCUT2D eigenvalue weighted by Gasteiger charge is -2.22. The third-order valence-electron chi connectivity index (χ3n) is 3.99. The number of carbonyl (C=O) groups excluding carboxylic acids is 1. The molecular weight excluding hydrogens is 373 g/mol. The number of hydrogen-bond acceptors (Lipinski definition) is 3. The molecule has 1 atom stereocenters. The molecule has 0 aromatic heterocycles. The Bertz CT molecular complexity index is 510. The zero-order valence-corrected chi connectivity index (χ0v) is 16.1. The molecule has 1 aromatic rings. The van der Waals surface area contributed by atoms with E-state index in [1.165, 1.54) is 24.3 Å². The summed E-state index contributed by atoms with van der Waals surface area (Å²) in [6, 6.07) is 3.80. The van der Waals surface area contributed by atoms with Crippen molar-refractivity contribution in [2.24, 2.45) is 0 Å². The average Bonchev–Trinajstić information content (AvgIpc) is 2.50. The summed E-state index contributed by atoms with van der Waals surface area (Å²) in [6.07, 6.45) is 6.04. The first kappa shape index (κ1) is 19.4. The molecule has 0 spiro atoms. The van der Waals surface area contributed by atoms with E-state index in [0.29, 0.717) is 33.1 Å². The van der Waals surface area contributed by atoms with E-state index in [4.69, 9.17) is 34.8 Å². The minimum Gasteiger partial charge on any atom is -0.312 e. The van der Waals surface area contributed by atoms with Crippen LogP contribution in [0.4, 0.5) is 0 Å². The number of nitrogens with one attached hydrogen (secondary N) is 1. The molecule has 1 N–H and O–H groups in total. The van der Waals surface area contributed by atoms with Crippen LogP contribution in [-0.2, 0) is 0 Å². The molecule has 1 unspecified atom stereocenters. The van der Waals surface area contributed by atoms with Crippen LogP contribution in [0, 0.1) is 0 Å². The maximum atomic E-state index is 12.3. The molecule has 1 aliphatic rings. The lowest BCUT2D eigenvalue weighted by Crippen LogP contribution is -2.37. The van der Waals surface area contributed by atoms with Crippen LogP contribution in [0.1, 0.15) is 48.9 Å². The predicted octanol–water partition coefficient (Wildman–Crippen LogP) is 5.88. The number of rotatable bonds is 8. The fraction of sp³-hybridized carbons (Fsp3) is 0.588. The van der Waals surface area contributed by atoms with Gasteiger partial charge >= 0.3 is 0 Å². The normalized spacial score (nSPS) is 18.1. The maximum Gasteiger partial charge on any atom is 0.165 e. The molecule has 0 saturated carbocycles. The highest BCUT2D eigenvalue weighted by Crippen LogP contribution is 2.30. The summed E-state index contributed by atoms with van der Waals surface area (Å²) >= 11 is 20.1. The van der Waals surface area contributed by atoms with Gasteiger partial charge in [-0.3, -0.25) is 4.79 Å². The SMILES string of the molecule is O=C(CCCCCCC1CSCCN1)c1c(Cl)cc(Cl)cc1Cl. The number of carbonyl (C=O) groups is 1. The van der Waals surface area contributed by atoms with Crippen LogP contribution in [0.25, 0.3) is 0 Å².